The molecule has 2 nitrogen and oxygen atoms in total. The molecule has 1 heterocycles. The maximum Gasteiger partial charge on any atom is 0.128 e. The Morgan fingerprint density at radius 3 is 2.86 bits per heavy atom. The summed E-state index contributed by atoms with van der Waals surface area (Å²) in [5.41, 5.74) is 2.50. The Morgan fingerprint density at radius 2 is 2.14 bits per heavy atom. The minimum atomic E-state index is 0.716. The molecule has 0 unspecified atom stereocenters. The van der Waals surface area contributed by atoms with E-state index in [4.69, 9.17) is 4.74 Å². The molecule has 0 radical (unpaired) electrons. The SMILES string of the molecule is CCOc1cccc2c1c(C)cn2C. The number of rotatable bonds is 2. The average molecular weight is 189 g/mol. The molecule has 0 amide bonds. The number of nitrogens with zero attached hydrogens (tertiary/aromatic N) is 1. The lowest BCUT2D eigenvalue weighted by atomic mass is 10.2. The van der Waals surface area contributed by atoms with Crippen LogP contribution in [0.15, 0.2) is 24.4 Å². The van der Waals surface area contributed by atoms with Crippen LogP contribution in [0.1, 0.15) is 12.5 Å². The summed E-state index contributed by atoms with van der Waals surface area (Å²) in [5, 5.41) is 1.23. The number of benzene rings is 1. The van der Waals surface area contributed by atoms with Gasteiger partial charge in [-0.3, -0.25) is 0 Å². The monoisotopic (exact) mass is 189 g/mol. The minimum absolute atomic E-state index is 0.716. The zero-order valence-corrected chi connectivity index (χ0v) is 8.87. The van der Waals surface area contributed by atoms with Gasteiger partial charge in [0.2, 0.25) is 0 Å². The topological polar surface area (TPSA) is 14.2 Å². The van der Waals surface area contributed by atoms with Crippen LogP contribution in [0.2, 0.25) is 0 Å². The van der Waals surface area contributed by atoms with Gasteiger partial charge in [-0.05, 0) is 31.5 Å². The molecule has 0 N–H and O–H groups in total. The van der Waals surface area contributed by atoms with Crippen molar-refractivity contribution in [3.05, 3.63) is 30.0 Å². The Labute approximate surface area is 84.1 Å². The second-order valence-corrected chi connectivity index (χ2v) is 3.51. The van der Waals surface area contributed by atoms with E-state index in [1.54, 1.807) is 0 Å². The van der Waals surface area contributed by atoms with Crippen LogP contribution in [-0.4, -0.2) is 11.2 Å². The van der Waals surface area contributed by atoms with Crippen LogP contribution in [-0.2, 0) is 7.05 Å². The van der Waals surface area contributed by atoms with Crippen LogP contribution in [0.5, 0.6) is 5.75 Å². The number of ether oxygens (including phenoxy) is 1. The molecule has 0 saturated heterocycles. The van der Waals surface area contributed by atoms with E-state index in [2.05, 4.69) is 30.8 Å². The van der Waals surface area contributed by atoms with Crippen molar-refractivity contribution in [1.82, 2.24) is 4.57 Å². The smallest absolute Gasteiger partial charge is 0.128 e. The largest absolute Gasteiger partial charge is 0.493 e. The van der Waals surface area contributed by atoms with Crippen molar-refractivity contribution in [2.45, 2.75) is 13.8 Å². The van der Waals surface area contributed by atoms with Crippen molar-refractivity contribution in [1.29, 1.82) is 0 Å². The first kappa shape index (κ1) is 9.13. The standard InChI is InChI=1S/C12H15NO/c1-4-14-11-7-5-6-10-12(11)9(2)8-13(10)3/h5-8H,4H2,1-3H3. The van der Waals surface area contributed by atoms with Crippen LogP contribution in [0.3, 0.4) is 0 Å². The van der Waals surface area contributed by atoms with E-state index in [1.165, 1.54) is 16.5 Å². The predicted octanol–water partition coefficient (Wildman–Crippen LogP) is 2.89. The van der Waals surface area contributed by atoms with E-state index in [0.717, 1.165) is 5.75 Å². The van der Waals surface area contributed by atoms with Crippen molar-refractivity contribution in [3.8, 4) is 5.75 Å². The zero-order chi connectivity index (χ0) is 10.1. The third kappa shape index (κ3) is 1.27. The molecule has 0 saturated carbocycles. The average Bonchev–Trinajstić information content (AvgIpc) is 2.44. The van der Waals surface area contributed by atoms with E-state index < -0.39 is 0 Å². The first-order chi connectivity index (χ1) is 6.74. The van der Waals surface area contributed by atoms with Gasteiger partial charge in [0.05, 0.1) is 12.1 Å². The normalized spacial score (nSPS) is 10.8. The molecule has 1 aromatic heterocycles. The van der Waals surface area contributed by atoms with E-state index in [0.29, 0.717) is 6.61 Å². The lowest BCUT2D eigenvalue weighted by Gasteiger charge is -2.05. The molecule has 0 atom stereocenters. The molecule has 14 heavy (non-hydrogen) atoms. The van der Waals surface area contributed by atoms with Gasteiger partial charge >= 0.3 is 0 Å². The molecule has 0 bridgehead atoms. The van der Waals surface area contributed by atoms with Crippen LogP contribution in [0.25, 0.3) is 10.9 Å². The lowest BCUT2D eigenvalue weighted by molar-refractivity contribution is 0.344. The summed E-state index contributed by atoms with van der Waals surface area (Å²) in [6, 6.07) is 6.18. The van der Waals surface area contributed by atoms with Crippen LogP contribution >= 0.6 is 0 Å². The summed E-state index contributed by atoms with van der Waals surface area (Å²) in [4.78, 5) is 0. The van der Waals surface area contributed by atoms with E-state index in [1.807, 2.05) is 19.1 Å². The second kappa shape index (κ2) is 3.37. The first-order valence-corrected chi connectivity index (χ1v) is 4.91. The van der Waals surface area contributed by atoms with E-state index >= 15 is 0 Å². The van der Waals surface area contributed by atoms with Crippen LogP contribution in [0, 0.1) is 6.92 Å². The van der Waals surface area contributed by atoms with Gasteiger partial charge in [0.25, 0.3) is 0 Å². The molecule has 74 valence electrons. The molecule has 0 aliphatic rings. The molecule has 2 rings (SSSR count). The van der Waals surface area contributed by atoms with Crippen molar-refractivity contribution in [2.24, 2.45) is 7.05 Å². The van der Waals surface area contributed by atoms with E-state index in [-0.39, 0.29) is 0 Å². The van der Waals surface area contributed by atoms with Gasteiger partial charge in [0, 0.05) is 18.6 Å². The van der Waals surface area contributed by atoms with Gasteiger partial charge in [-0.25, -0.2) is 0 Å². The maximum absolute atomic E-state index is 5.60. The van der Waals surface area contributed by atoms with Crippen LogP contribution < -0.4 is 4.74 Å². The molecule has 0 spiro atoms. The Hall–Kier alpha value is -1.44. The fraction of sp³-hybridized carbons (Fsp3) is 0.333. The quantitative estimate of drug-likeness (QED) is 0.708. The van der Waals surface area contributed by atoms with Crippen molar-refractivity contribution in [3.63, 3.8) is 0 Å². The highest BCUT2D eigenvalue weighted by Crippen LogP contribution is 2.29. The first-order valence-electron chi connectivity index (χ1n) is 4.91. The molecule has 0 aliphatic heterocycles. The number of aryl methyl sites for hydroxylation is 2. The summed E-state index contributed by atoms with van der Waals surface area (Å²) >= 11 is 0. The molecule has 0 aliphatic carbocycles. The summed E-state index contributed by atoms with van der Waals surface area (Å²) < 4.78 is 7.73. The molecule has 2 aromatic rings. The van der Waals surface area contributed by atoms with Crippen molar-refractivity contribution < 1.29 is 4.74 Å². The van der Waals surface area contributed by atoms with E-state index in [9.17, 15) is 0 Å². The van der Waals surface area contributed by atoms with Gasteiger partial charge in [0.15, 0.2) is 0 Å². The fourth-order valence-electron chi connectivity index (χ4n) is 1.91. The maximum atomic E-state index is 5.60. The Kier molecular flexibility index (Phi) is 2.20. The molecule has 1 aromatic carbocycles. The zero-order valence-electron chi connectivity index (χ0n) is 8.87. The fourth-order valence-corrected chi connectivity index (χ4v) is 1.91. The summed E-state index contributed by atoms with van der Waals surface area (Å²) in [6.07, 6.45) is 2.13. The molecular formula is C12H15NO. The Morgan fingerprint density at radius 1 is 1.36 bits per heavy atom. The highest BCUT2D eigenvalue weighted by Gasteiger charge is 2.07. The second-order valence-electron chi connectivity index (χ2n) is 3.51. The Bertz CT molecular complexity index is 457. The lowest BCUT2D eigenvalue weighted by Crippen LogP contribution is -1.92. The summed E-state index contributed by atoms with van der Waals surface area (Å²) in [6.45, 7) is 4.84. The van der Waals surface area contributed by atoms with Gasteiger partial charge in [0.1, 0.15) is 5.75 Å². The summed E-state index contributed by atoms with van der Waals surface area (Å²) in [5.74, 6) is 0.989. The third-order valence-electron chi connectivity index (χ3n) is 2.47. The van der Waals surface area contributed by atoms with Gasteiger partial charge in [-0.1, -0.05) is 6.07 Å². The van der Waals surface area contributed by atoms with Crippen molar-refractivity contribution >= 4 is 10.9 Å². The number of aromatic nitrogens is 1. The molecular weight excluding hydrogens is 174 g/mol. The van der Waals surface area contributed by atoms with Crippen molar-refractivity contribution in [2.75, 3.05) is 6.61 Å². The molecule has 2 heteroatoms. The van der Waals surface area contributed by atoms with Gasteiger partial charge in [-0.15, -0.1) is 0 Å². The summed E-state index contributed by atoms with van der Waals surface area (Å²) in [7, 11) is 2.06. The van der Waals surface area contributed by atoms with Gasteiger partial charge in [-0.2, -0.15) is 0 Å². The number of hydrogen-bond donors (Lipinski definition) is 0. The highest BCUT2D eigenvalue weighted by atomic mass is 16.5. The number of hydrogen-bond acceptors (Lipinski definition) is 1. The van der Waals surface area contributed by atoms with Gasteiger partial charge < -0.3 is 9.30 Å². The highest BCUT2D eigenvalue weighted by molar-refractivity contribution is 5.89. The predicted molar refractivity (Wildman–Crippen MR) is 58.8 cm³/mol. The van der Waals surface area contributed by atoms with Crippen LogP contribution in [0.4, 0.5) is 0 Å². The number of fused-ring (bicyclic) bond motifs is 1. The Balaban J connectivity index is 2.72. The minimum Gasteiger partial charge on any atom is -0.493 e. The third-order valence-corrected chi connectivity index (χ3v) is 2.47. The molecule has 0 fully saturated rings.